The molecule has 3 aromatic rings. The molecule has 0 bridgehead atoms. The Bertz CT molecular complexity index is 1630. The summed E-state index contributed by atoms with van der Waals surface area (Å²) >= 11 is 6.24. The number of alkyl halides is 6. The molecular formula is C28H26ClF6N5O5. The molecule has 0 unspecified atom stereocenters. The fourth-order valence-corrected chi connectivity index (χ4v) is 4.28. The predicted octanol–water partition coefficient (Wildman–Crippen LogP) is 4.98. The third kappa shape index (κ3) is 8.53. The number of carbonyl (C=O) groups is 4. The van der Waals surface area contributed by atoms with Crippen LogP contribution >= 0.6 is 11.6 Å². The molecule has 3 N–H and O–H groups in total. The van der Waals surface area contributed by atoms with Gasteiger partial charge in [-0.25, -0.2) is 0 Å². The molecule has 10 nitrogen and oxygen atoms in total. The van der Waals surface area contributed by atoms with E-state index in [4.69, 9.17) is 11.6 Å². The maximum Gasteiger partial charge on any atom is 0.435 e. The molecule has 3 amide bonds. The van der Waals surface area contributed by atoms with Crippen LogP contribution in [-0.2, 0) is 33.2 Å². The van der Waals surface area contributed by atoms with E-state index in [0.29, 0.717) is 5.56 Å². The number of esters is 1. The number of aromatic nitrogens is 2. The number of anilines is 1. The highest BCUT2D eigenvalue weighted by Gasteiger charge is 2.42. The lowest BCUT2D eigenvalue weighted by molar-refractivity contribution is -0.144. The summed E-state index contributed by atoms with van der Waals surface area (Å²) in [4.78, 5) is 50.3. The van der Waals surface area contributed by atoms with Crippen molar-refractivity contribution in [2.45, 2.75) is 45.2 Å². The van der Waals surface area contributed by atoms with Crippen LogP contribution in [0.1, 0.15) is 57.1 Å². The molecule has 0 atom stereocenters. The zero-order chi connectivity index (χ0) is 33.9. The third-order valence-corrected chi connectivity index (χ3v) is 6.65. The number of rotatable bonds is 9. The lowest BCUT2D eigenvalue weighted by Gasteiger charge is -2.25. The fraction of sp³-hybridized carbons (Fsp3) is 0.321. The standard InChI is InChI=1S/C28H26ClF6N5O5/c1-14-10-15(13-40-20(28(33,34)35)11-19(39-40)27(30,31)32)8-9-18(14)37-23(42)16-6-5-7-17(29)22(16)24(43)38-26(2,3)25(44)36-12-21(41)45-4/h5-11H,12-13H2,1-4H3,(H,36,44)(H,37,42)(H,38,43). The lowest BCUT2D eigenvalue weighted by atomic mass is 10.0. The molecule has 0 fully saturated rings. The number of hydrogen-bond donors (Lipinski definition) is 3. The monoisotopic (exact) mass is 661 g/mol. The van der Waals surface area contributed by atoms with Gasteiger partial charge in [-0.1, -0.05) is 29.8 Å². The van der Waals surface area contributed by atoms with Crippen molar-refractivity contribution in [2.75, 3.05) is 19.0 Å². The number of aryl methyl sites for hydroxylation is 1. The number of methoxy groups -OCH3 is 1. The molecule has 0 saturated carbocycles. The number of amides is 3. The first-order valence-corrected chi connectivity index (χ1v) is 13.2. The fourth-order valence-electron chi connectivity index (χ4n) is 4.02. The summed E-state index contributed by atoms with van der Waals surface area (Å²) in [5.41, 5.74) is -4.66. The van der Waals surface area contributed by atoms with Gasteiger partial charge in [0.05, 0.1) is 29.8 Å². The summed E-state index contributed by atoms with van der Waals surface area (Å²) in [6.45, 7) is 3.09. The van der Waals surface area contributed by atoms with Gasteiger partial charge < -0.3 is 20.7 Å². The van der Waals surface area contributed by atoms with Crippen LogP contribution in [0.2, 0.25) is 5.02 Å². The highest BCUT2D eigenvalue weighted by Crippen LogP contribution is 2.35. The zero-order valence-corrected chi connectivity index (χ0v) is 24.8. The Morgan fingerprint density at radius 1 is 0.956 bits per heavy atom. The van der Waals surface area contributed by atoms with E-state index in [9.17, 15) is 45.5 Å². The van der Waals surface area contributed by atoms with E-state index in [2.05, 4.69) is 25.8 Å². The van der Waals surface area contributed by atoms with Crippen molar-refractivity contribution in [3.8, 4) is 0 Å². The van der Waals surface area contributed by atoms with E-state index in [1.807, 2.05) is 0 Å². The van der Waals surface area contributed by atoms with Gasteiger partial charge in [0.15, 0.2) is 5.69 Å². The zero-order valence-electron chi connectivity index (χ0n) is 24.0. The molecule has 0 saturated heterocycles. The average Bonchev–Trinajstić information content (AvgIpc) is 3.37. The Hall–Kier alpha value is -4.60. The van der Waals surface area contributed by atoms with Crippen molar-refractivity contribution in [3.63, 3.8) is 0 Å². The second-order valence-electron chi connectivity index (χ2n) is 10.2. The largest absolute Gasteiger partial charge is 0.468 e. The van der Waals surface area contributed by atoms with Crippen LogP contribution in [0, 0.1) is 6.92 Å². The highest BCUT2D eigenvalue weighted by molar-refractivity contribution is 6.35. The Balaban J connectivity index is 1.82. The number of hydrogen-bond acceptors (Lipinski definition) is 6. The molecule has 0 spiro atoms. The van der Waals surface area contributed by atoms with Gasteiger partial charge in [-0.2, -0.15) is 31.4 Å². The number of halogens is 7. The summed E-state index contributed by atoms with van der Waals surface area (Å²) in [5, 5.41) is 10.3. The van der Waals surface area contributed by atoms with Gasteiger partial charge in [0.25, 0.3) is 11.8 Å². The number of benzene rings is 2. The molecule has 0 aliphatic carbocycles. The third-order valence-electron chi connectivity index (χ3n) is 6.33. The van der Waals surface area contributed by atoms with E-state index in [1.54, 1.807) is 0 Å². The van der Waals surface area contributed by atoms with Crippen molar-refractivity contribution in [1.82, 2.24) is 20.4 Å². The van der Waals surface area contributed by atoms with Crippen LogP contribution in [0.15, 0.2) is 42.5 Å². The Morgan fingerprint density at radius 3 is 2.20 bits per heavy atom. The smallest absolute Gasteiger partial charge is 0.435 e. The molecule has 0 aliphatic rings. The van der Waals surface area contributed by atoms with Gasteiger partial charge in [-0.05, 0) is 50.1 Å². The van der Waals surface area contributed by atoms with E-state index in [1.165, 1.54) is 57.2 Å². The molecule has 3 rings (SSSR count). The van der Waals surface area contributed by atoms with Gasteiger partial charge in [-0.3, -0.25) is 23.9 Å². The maximum atomic E-state index is 13.4. The van der Waals surface area contributed by atoms with E-state index >= 15 is 0 Å². The first-order chi connectivity index (χ1) is 20.7. The van der Waals surface area contributed by atoms with Crippen LogP contribution in [0.4, 0.5) is 32.0 Å². The summed E-state index contributed by atoms with van der Waals surface area (Å²) in [7, 11) is 1.13. The predicted molar refractivity (Wildman–Crippen MR) is 148 cm³/mol. The molecule has 0 radical (unpaired) electrons. The average molecular weight is 662 g/mol. The Morgan fingerprint density at radius 2 is 1.62 bits per heavy atom. The number of carbonyl (C=O) groups excluding carboxylic acids is 4. The van der Waals surface area contributed by atoms with E-state index in [-0.39, 0.29) is 38.1 Å². The van der Waals surface area contributed by atoms with Crippen LogP contribution in [-0.4, -0.2) is 52.7 Å². The summed E-state index contributed by atoms with van der Waals surface area (Å²) in [6.07, 6.45) is -10.2. The van der Waals surface area contributed by atoms with Crippen molar-refractivity contribution in [1.29, 1.82) is 0 Å². The van der Waals surface area contributed by atoms with Gasteiger partial charge in [0.1, 0.15) is 17.8 Å². The van der Waals surface area contributed by atoms with Crippen molar-refractivity contribution in [2.24, 2.45) is 0 Å². The van der Waals surface area contributed by atoms with E-state index < -0.39 is 66.1 Å². The molecule has 1 heterocycles. The van der Waals surface area contributed by atoms with Crippen LogP contribution < -0.4 is 16.0 Å². The quantitative estimate of drug-likeness (QED) is 0.219. The first kappa shape index (κ1) is 34.9. The van der Waals surface area contributed by atoms with Crippen molar-refractivity contribution >= 4 is 41.0 Å². The molecule has 2 aromatic carbocycles. The van der Waals surface area contributed by atoms with Crippen molar-refractivity contribution in [3.05, 3.63) is 81.1 Å². The Labute approximate surface area is 257 Å². The first-order valence-electron chi connectivity index (χ1n) is 12.8. The van der Waals surface area contributed by atoms with Gasteiger partial charge in [0.2, 0.25) is 5.91 Å². The number of nitrogens with one attached hydrogen (secondary N) is 3. The Kier molecular flexibility index (Phi) is 10.2. The minimum Gasteiger partial charge on any atom is -0.468 e. The number of nitrogens with zero attached hydrogens (tertiary/aromatic N) is 2. The second kappa shape index (κ2) is 13.2. The molecule has 0 aliphatic heterocycles. The summed E-state index contributed by atoms with van der Waals surface area (Å²) < 4.78 is 83.9. The van der Waals surface area contributed by atoms with E-state index in [0.717, 1.165) is 7.11 Å². The lowest BCUT2D eigenvalue weighted by Crippen LogP contribution is -2.55. The van der Waals surface area contributed by atoms with Crippen LogP contribution in [0.5, 0.6) is 0 Å². The van der Waals surface area contributed by atoms with Gasteiger partial charge in [0, 0.05) is 11.8 Å². The highest BCUT2D eigenvalue weighted by atomic mass is 35.5. The second-order valence-corrected chi connectivity index (χ2v) is 10.6. The SMILES string of the molecule is COC(=O)CNC(=O)C(C)(C)NC(=O)c1c(Cl)cccc1C(=O)Nc1ccc(Cn2nc(C(F)(F)F)cc2C(F)(F)F)cc1C. The number of ether oxygens (including phenoxy) is 1. The molecular weight excluding hydrogens is 636 g/mol. The molecule has 1 aromatic heterocycles. The molecule has 45 heavy (non-hydrogen) atoms. The van der Waals surface area contributed by atoms with Gasteiger partial charge >= 0.3 is 18.3 Å². The van der Waals surface area contributed by atoms with Crippen molar-refractivity contribution < 1.29 is 50.3 Å². The minimum absolute atomic E-state index is 0.0733. The molecule has 17 heteroatoms. The maximum absolute atomic E-state index is 13.4. The summed E-state index contributed by atoms with van der Waals surface area (Å²) in [6, 6.07) is 7.92. The van der Waals surface area contributed by atoms with Crippen LogP contribution in [0.3, 0.4) is 0 Å². The topological polar surface area (TPSA) is 131 Å². The normalized spacial score (nSPS) is 12.0. The van der Waals surface area contributed by atoms with Crippen LogP contribution in [0.25, 0.3) is 0 Å². The molecule has 242 valence electrons. The van der Waals surface area contributed by atoms with Gasteiger partial charge in [-0.15, -0.1) is 0 Å². The summed E-state index contributed by atoms with van der Waals surface area (Å²) in [5.74, 6) is -3.16. The minimum atomic E-state index is -5.09.